The van der Waals surface area contributed by atoms with Gasteiger partial charge < -0.3 is 25.2 Å². The Balaban J connectivity index is 1.98. The lowest BCUT2D eigenvalue weighted by Crippen LogP contribution is -2.19. The molecule has 0 saturated carbocycles. The number of nitrogens with zero attached hydrogens (tertiary/aromatic N) is 1. The molecule has 21 heavy (non-hydrogen) atoms. The second kappa shape index (κ2) is 7.83. The first-order valence-corrected chi connectivity index (χ1v) is 8.77. The van der Waals surface area contributed by atoms with Gasteiger partial charge in [-0.25, -0.2) is 0 Å². The fourth-order valence-corrected chi connectivity index (χ4v) is 2.85. The highest BCUT2D eigenvalue weighted by Gasteiger charge is 2.26. The molecule has 0 spiro atoms. The van der Waals surface area contributed by atoms with Crippen molar-refractivity contribution in [2.24, 2.45) is 0 Å². The standard InChI is InChI=1S/C15H26N3O2P/c1-18(2)8-4-7-17-15-12-9-11(10-19-21-3)20-14(12)6-5-13(15)16/h5-6,11,17,21H,4,7-10,16H2,1-3H3. The van der Waals surface area contributed by atoms with Crippen molar-refractivity contribution in [1.29, 1.82) is 0 Å². The van der Waals surface area contributed by atoms with Crippen LogP contribution in [0.3, 0.4) is 0 Å². The zero-order valence-electron chi connectivity index (χ0n) is 13.1. The van der Waals surface area contributed by atoms with Crippen LogP contribution in [0.15, 0.2) is 12.1 Å². The van der Waals surface area contributed by atoms with E-state index in [4.69, 9.17) is 15.0 Å². The van der Waals surface area contributed by atoms with E-state index in [0.29, 0.717) is 15.4 Å². The second-order valence-electron chi connectivity index (χ2n) is 5.55. The summed E-state index contributed by atoms with van der Waals surface area (Å²) in [6, 6.07) is 3.88. The molecule has 1 heterocycles. The van der Waals surface area contributed by atoms with Crippen LogP contribution in [0.2, 0.25) is 0 Å². The van der Waals surface area contributed by atoms with E-state index in [1.165, 1.54) is 5.56 Å². The molecular formula is C15H26N3O2P. The van der Waals surface area contributed by atoms with Gasteiger partial charge in [-0.15, -0.1) is 0 Å². The largest absolute Gasteiger partial charge is 0.487 e. The predicted octanol–water partition coefficient (Wildman–Crippen LogP) is 2.18. The molecule has 0 amide bonds. The Labute approximate surface area is 129 Å². The number of rotatable bonds is 8. The number of anilines is 2. The molecule has 2 atom stereocenters. The molecule has 2 rings (SSSR count). The van der Waals surface area contributed by atoms with E-state index in [0.717, 1.165) is 43.1 Å². The maximum atomic E-state index is 6.12. The Kier molecular flexibility index (Phi) is 6.09. The average molecular weight is 311 g/mol. The van der Waals surface area contributed by atoms with Gasteiger partial charge in [-0.2, -0.15) is 0 Å². The average Bonchev–Trinajstić information content (AvgIpc) is 2.86. The van der Waals surface area contributed by atoms with Crippen LogP contribution in [0.4, 0.5) is 11.4 Å². The van der Waals surface area contributed by atoms with Gasteiger partial charge in [0.05, 0.1) is 18.0 Å². The molecule has 6 heteroatoms. The summed E-state index contributed by atoms with van der Waals surface area (Å²) in [6.45, 7) is 4.64. The first kappa shape index (κ1) is 16.3. The van der Waals surface area contributed by atoms with Crippen LogP contribution < -0.4 is 15.8 Å². The fourth-order valence-electron chi connectivity index (χ4n) is 2.50. The van der Waals surface area contributed by atoms with Crippen molar-refractivity contribution in [2.45, 2.75) is 18.9 Å². The molecule has 1 aliphatic heterocycles. The van der Waals surface area contributed by atoms with Gasteiger partial charge in [0, 0.05) is 27.3 Å². The van der Waals surface area contributed by atoms with E-state index >= 15 is 0 Å². The number of fused-ring (bicyclic) bond motifs is 1. The van der Waals surface area contributed by atoms with Gasteiger partial charge in [0.2, 0.25) is 0 Å². The summed E-state index contributed by atoms with van der Waals surface area (Å²) in [6.07, 6.45) is 2.05. The number of ether oxygens (including phenoxy) is 1. The molecule has 1 aromatic rings. The number of benzene rings is 1. The summed E-state index contributed by atoms with van der Waals surface area (Å²) in [5, 5.41) is 3.47. The van der Waals surface area contributed by atoms with Crippen LogP contribution >= 0.6 is 8.81 Å². The minimum absolute atomic E-state index is 0.108. The summed E-state index contributed by atoms with van der Waals surface area (Å²) < 4.78 is 11.4. The van der Waals surface area contributed by atoms with E-state index in [-0.39, 0.29) is 6.10 Å². The van der Waals surface area contributed by atoms with Crippen molar-refractivity contribution in [1.82, 2.24) is 4.90 Å². The molecule has 0 saturated heterocycles. The number of nitrogens with two attached hydrogens (primary N) is 1. The van der Waals surface area contributed by atoms with Crippen molar-refractivity contribution in [3.05, 3.63) is 17.7 Å². The van der Waals surface area contributed by atoms with Crippen LogP contribution in [-0.2, 0) is 10.9 Å². The predicted molar refractivity (Wildman–Crippen MR) is 90.8 cm³/mol. The Morgan fingerprint density at radius 3 is 3.00 bits per heavy atom. The summed E-state index contributed by atoms with van der Waals surface area (Å²) in [5.74, 6) is 0.937. The molecule has 0 aliphatic carbocycles. The Hall–Kier alpha value is -1.03. The van der Waals surface area contributed by atoms with Crippen molar-refractivity contribution in [3.8, 4) is 5.75 Å². The zero-order valence-corrected chi connectivity index (χ0v) is 14.1. The third-order valence-electron chi connectivity index (χ3n) is 3.53. The van der Waals surface area contributed by atoms with E-state index in [1.807, 2.05) is 18.8 Å². The lowest BCUT2D eigenvalue weighted by Gasteiger charge is -2.14. The Morgan fingerprint density at radius 2 is 2.29 bits per heavy atom. The minimum atomic E-state index is 0.108. The topological polar surface area (TPSA) is 59.8 Å². The Bertz CT molecular complexity index is 468. The highest BCUT2D eigenvalue weighted by Crippen LogP contribution is 2.38. The van der Waals surface area contributed by atoms with Crippen molar-refractivity contribution in [3.63, 3.8) is 0 Å². The highest BCUT2D eigenvalue weighted by atomic mass is 31.1. The molecule has 3 N–H and O–H groups in total. The maximum absolute atomic E-state index is 6.12. The third-order valence-corrected chi connectivity index (χ3v) is 3.98. The van der Waals surface area contributed by atoms with E-state index in [2.05, 4.69) is 24.3 Å². The number of nitrogen functional groups attached to an aromatic ring is 1. The van der Waals surface area contributed by atoms with Crippen LogP contribution in [0.1, 0.15) is 12.0 Å². The molecule has 2 unspecified atom stereocenters. The lowest BCUT2D eigenvalue weighted by molar-refractivity contribution is 0.161. The number of hydrogen-bond acceptors (Lipinski definition) is 5. The van der Waals surface area contributed by atoms with Gasteiger partial charge in [0.1, 0.15) is 11.9 Å². The number of nitrogens with one attached hydrogen (secondary N) is 1. The summed E-state index contributed by atoms with van der Waals surface area (Å²) >= 11 is 0. The normalized spacial score (nSPS) is 17.4. The molecule has 1 aliphatic rings. The second-order valence-corrected chi connectivity index (χ2v) is 6.25. The van der Waals surface area contributed by atoms with Gasteiger partial charge in [-0.05, 0) is 45.9 Å². The maximum Gasteiger partial charge on any atom is 0.127 e. The van der Waals surface area contributed by atoms with Crippen molar-refractivity contribution < 1.29 is 9.26 Å². The van der Waals surface area contributed by atoms with Crippen molar-refractivity contribution in [2.75, 3.05) is 51.5 Å². The van der Waals surface area contributed by atoms with Gasteiger partial charge in [-0.3, -0.25) is 0 Å². The van der Waals surface area contributed by atoms with Gasteiger partial charge in [0.15, 0.2) is 0 Å². The van der Waals surface area contributed by atoms with Crippen LogP contribution in [0, 0.1) is 0 Å². The van der Waals surface area contributed by atoms with Gasteiger partial charge in [0.25, 0.3) is 0 Å². The van der Waals surface area contributed by atoms with Crippen LogP contribution in [-0.4, -0.2) is 51.5 Å². The molecule has 118 valence electrons. The molecular weight excluding hydrogens is 285 g/mol. The summed E-state index contributed by atoms with van der Waals surface area (Å²) in [7, 11) is 4.67. The summed E-state index contributed by atoms with van der Waals surface area (Å²) in [4.78, 5) is 2.18. The van der Waals surface area contributed by atoms with Gasteiger partial charge in [-0.1, -0.05) is 0 Å². The first-order valence-electron chi connectivity index (χ1n) is 7.37. The SMILES string of the molecule is CPOCC1Cc2c(ccc(N)c2NCCCN(C)C)O1. The third kappa shape index (κ3) is 4.47. The fraction of sp³-hybridized carbons (Fsp3) is 0.600. The van der Waals surface area contributed by atoms with Crippen molar-refractivity contribution >= 4 is 20.2 Å². The van der Waals surface area contributed by atoms with Crippen LogP contribution in [0.25, 0.3) is 0 Å². The first-order chi connectivity index (χ1) is 10.1. The quantitative estimate of drug-likeness (QED) is 0.438. The molecule has 0 radical (unpaired) electrons. The minimum Gasteiger partial charge on any atom is -0.487 e. The van der Waals surface area contributed by atoms with E-state index in [1.54, 1.807) is 0 Å². The molecule has 5 nitrogen and oxygen atoms in total. The van der Waals surface area contributed by atoms with E-state index < -0.39 is 0 Å². The zero-order chi connectivity index (χ0) is 15.2. The molecule has 0 bridgehead atoms. The Morgan fingerprint density at radius 1 is 1.48 bits per heavy atom. The molecule has 0 aromatic heterocycles. The molecule has 1 aromatic carbocycles. The summed E-state index contributed by atoms with van der Waals surface area (Å²) in [5.41, 5.74) is 9.14. The highest BCUT2D eigenvalue weighted by molar-refractivity contribution is 7.31. The van der Waals surface area contributed by atoms with Gasteiger partial charge >= 0.3 is 0 Å². The molecule has 0 fully saturated rings. The van der Waals surface area contributed by atoms with Crippen LogP contribution in [0.5, 0.6) is 5.75 Å². The lowest BCUT2D eigenvalue weighted by atomic mass is 10.1. The number of hydrogen-bond donors (Lipinski definition) is 2. The van der Waals surface area contributed by atoms with E-state index in [9.17, 15) is 0 Å². The monoisotopic (exact) mass is 311 g/mol. The smallest absolute Gasteiger partial charge is 0.127 e.